The molecule has 0 bridgehead atoms. The van der Waals surface area contributed by atoms with Crippen molar-refractivity contribution >= 4 is 23.4 Å². The lowest BCUT2D eigenvalue weighted by Gasteiger charge is -2.14. The Hall–Kier alpha value is -2.87. The molecular weight excluding hydrogens is 393 g/mol. The van der Waals surface area contributed by atoms with Gasteiger partial charge in [-0.1, -0.05) is 42.1 Å². The van der Waals surface area contributed by atoms with Crippen LogP contribution in [0.5, 0.6) is 5.75 Å². The Labute approximate surface area is 172 Å². The molecular formula is C21H22FN3O3S. The van der Waals surface area contributed by atoms with Crippen LogP contribution in [0, 0.1) is 19.7 Å². The number of nitrogens with one attached hydrogen (secondary N) is 1. The van der Waals surface area contributed by atoms with Gasteiger partial charge in [0.2, 0.25) is 5.91 Å². The summed E-state index contributed by atoms with van der Waals surface area (Å²) in [6.45, 7) is 7.34. The molecule has 152 valence electrons. The van der Waals surface area contributed by atoms with E-state index in [9.17, 15) is 9.18 Å². The van der Waals surface area contributed by atoms with Gasteiger partial charge in [0, 0.05) is 5.69 Å². The number of hydrogen-bond acceptors (Lipinski definition) is 6. The van der Waals surface area contributed by atoms with E-state index in [2.05, 4.69) is 15.5 Å². The maximum absolute atomic E-state index is 13.7. The second-order valence-corrected chi connectivity index (χ2v) is 7.90. The molecule has 8 heteroatoms. The van der Waals surface area contributed by atoms with E-state index in [0.29, 0.717) is 0 Å². The van der Waals surface area contributed by atoms with Gasteiger partial charge in [-0.2, -0.15) is 0 Å². The number of thioether (sulfide) groups is 1. The summed E-state index contributed by atoms with van der Waals surface area (Å²) in [6, 6.07) is 11.9. The van der Waals surface area contributed by atoms with Crippen molar-refractivity contribution in [3.63, 3.8) is 0 Å². The molecule has 0 saturated heterocycles. The summed E-state index contributed by atoms with van der Waals surface area (Å²) in [6.07, 6.45) is -0.632. The maximum Gasteiger partial charge on any atom is 0.277 e. The van der Waals surface area contributed by atoms with Crippen LogP contribution in [-0.2, 0) is 4.79 Å². The minimum Gasteiger partial charge on any atom is -0.478 e. The van der Waals surface area contributed by atoms with Gasteiger partial charge in [0.15, 0.2) is 17.7 Å². The molecule has 2 aromatic carbocycles. The second kappa shape index (κ2) is 9.09. The van der Waals surface area contributed by atoms with Crippen LogP contribution in [0.4, 0.5) is 10.1 Å². The number of aryl methyl sites for hydroxylation is 2. The normalized spacial score (nSPS) is 13.0. The SMILES string of the molecule is Cc1cccc(C)c1NC(=O)[C@@H](C)Sc1nnc([C@@H](C)Oc2ccccc2F)o1. The Balaban J connectivity index is 1.61. The summed E-state index contributed by atoms with van der Waals surface area (Å²) in [5.41, 5.74) is 2.80. The number of anilines is 1. The van der Waals surface area contributed by atoms with E-state index in [-0.39, 0.29) is 22.8 Å². The molecule has 1 amide bonds. The van der Waals surface area contributed by atoms with E-state index in [4.69, 9.17) is 9.15 Å². The summed E-state index contributed by atoms with van der Waals surface area (Å²) in [5, 5.41) is 10.6. The van der Waals surface area contributed by atoms with Crippen LogP contribution in [-0.4, -0.2) is 21.4 Å². The van der Waals surface area contributed by atoms with Crippen LogP contribution < -0.4 is 10.1 Å². The van der Waals surface area contributed by atoms with Crippen molar-refractivity contribution in [1.82, 2.24) is 10.2 Å². The van der Waals surface area contributed by atoms with E-state index < -0.39 is 17.2 Å². The number of nitrogens with zero attached hydrogens (tertiary/aromatic N) is 2. The first kappa shape index (κ1) is 20.9. The van der Waals surface area contributed by atoms with Crippen molar-refractivity contribution in [2.24, 2.45) is 0 Å². The molecule has 1 heterocycles. The van der Waals surface area contributed by atoms with Gasteiger partial charge < -0.3 is 14.5 Å². The lowest BCUT2D eigenvalue weighted by molar-refractivity contribution is -0.115. The molecule has 0 fully saturated rings. The average molecular weight is 415 g/mol. The molecule has 3 aromatic rings. The minimum absolute atomic E-state index is 0.105. The van der Waals surface area contributed by atoms with E-state index in [1.807, 2.05) is 32.0 Å². The van der Waals surface area contributed by atoms with Crippen LogP contribution in [0.25, 0.3) is 0 Å². The quantitative estimate of drug-likeness (QED) is 0.542. The number of hydrogen-bond donors (Lipinski definition) is 1. The first-order chi connectivity index (χ1) is 13.8. The fourth-order valence-corrected chi connectivity index (χ4v) is 3.34. The molecule has 0 saturated carbocycles. The van der Waals surface area contributed by atoms with Gasteiger partial charge in [-0.05, 0) is 51.0 Å². The van der Waals surface area contributed by atoms with Crippen LogP contribution in [0.3, 0.4) is 0 Å². The first-order valence-corrected chi connectivity index (χ1v) is 10.0. The predicted molar refractivity (Wildman–Crippen MR) is 110 cm³/mol. The Morgan fingerprint density at radius 3 is 2.48 bits per heavy atom. The lowest BCUT2D eigenvalue weighted by atomic mass is 10.1. The van der Waals surface area contributed by atoms with Crippen LogP contribution in [0.15, 0.2) is 52.1 Å². The van der Waals surface area contributed by atoms with Gasteiger partial charge in [0.05, 0.1) is 5.25 Å². The van der Waals surface area contributed by atoms with Gasteiger partial charge in [-0.15, -0.1) is 10.2 Å². The van der Waals surface area contributed by atoms with E-state index >= 15 is 0 Å². The van der Waals surface area contributed by atoms with Crippen molar-refractivity contribution in [1.29, 1.82) is 0 Å². The number of halogens is 1. The zero-order chi connectivity index (χ0) is 21.0. The van der Waals surface area contributed by atoms with E-state index in [1.165, 1.54) is 12.1 Å². The van der Waals surface area contributed by atoms with Crippen LogP contribution in [0.1, 0.15) is 37.0 Å². The second-order valence-electron chi connectivity index (χ2n) is 6.61. The number of carbonyl (C=O) groups excluding carboxylic acids is 1. The van der Waals surface area contributed by atoms with Crippen molar-refractivity contribution in [2.75, 3.05) is 5.32 Å². The molecule has 1 aromatic heterocycles. The molecule has 3 rings (SSSR count). The van der Waals surface area contributed by atoms with Crippen molar-refractivity contribution in [3.05, 3.63) is 65.3 Å². The molecule has 0 spiro atoms. The van der Waals surface area contributed by atoms with E-state index in [0.717, 1.165) is 28.6 Å². The molecule has 0 radical (unpaired) electrons. The summed E-state index contributed by atoms with van der Waals surface area (Å²) in [5.74, 6) is -0.320. The largest absolute Gasteiger partial charge is 0.478 e. The number of ether oxygens (including phenoxy) is 1. The summed E-state index contributed by atoms with van der Waals surface area (Å²) in [7, 11) is 0. The third-order valence-corrected chi connectivity index (χ3v) is 5.22. The van der Waals surface area contributed by atoms with Crippen molar-refractivity contribution < 1.29 is 18.3 Å². The highest BCUT2D eigenvalue weighted by Crippen LogP contribution is 2.28. The molecule has 1 N–H and O–H groups in total. The highest BCUT2D eigenvalue weighted by atomic mass is 32.2. The highest BCUT2D eigenvalue weighted by molar-refractivity contribution is 8.00. The van der Waals surface area contributed by atoms with Gasteiger partial charge >= 0.3 is 0 Å². The monoisotopic (exact) mass is 415 g/mol. The maximum atomic E-state index is 13.7. The third-order valence-electron chi connectivity index (χ3n) is 4.29. The third kappa shape index (κ3) is 5.14. The zero-order valence-corrected chi connectivity index (χ0v) is 17.4. The fraction of sp³-hybridized carbons (Fsp3) is 0.286. The Morgan fingerprint density at radius 1 is 1.10 bits per heavy atom. The molecule has 2 atom stereocenters. The predicted octanol–water partition coefficient (Wildman–Crippen LogP) is 5.08. The molecule has 0 unspecified atom stereocenters. The molecule has 29 heavy (non-hydrogen) atoms. The number of benzene rings is 2. The van der Waals surface area contributed by atoms with Gasteiger partial charge in [0.1, 0.15) is 0 Å². The smallest absolute Gasteiger partial charge is 0.277 e. The van der Waals surface area contributed by atoms with Crippen LogP contribution >= 0.6 is 11.8 Å². The van der Waals surface area contributed by atoms with Gasteiger partial charge in [-0.25, -0.2) is 4.39 Å². The molecule has 0 aliphatic carbocycles. The summed E-state index contributed by atoms with van der Waals surface area (Å²) >= 11 is 1.15. The fourth-order valence-electron chi connectivity index (χ4n) is 2.65. The van der Waals surface area contributed by atoms with Gasteiger partial charge in [0.25, 0.3) is 11.1 Å². The Bertz CT molecular complexity index is 988. The number of amides is 1. The first-order valence-electron chi connectivity index (χ1n) is 9.13. The number of rotatable bonds is 7. The minimum atomic E-state index is -0.632. The molecule has 0 aliphatic heterocycles. The molecule has 6 nitrogen and oxygen atoms in total. The average Bonchev–Trinajstić information content (AvgIpc) is 3.15. The summed E-state index contributed by atoms with van der Waals surface area (Å²) < 4.78 is 24.9. The summed E-state index contributed by atoms with van der Waals surface area (Å²) in [4.78, 5) is 12.6. The van der Waals surface area contributed by atoms with Gasteiger partial charge in [-0.3, -0.25) is 4.79 Å². The standard InChI is InChI=1S/C21H22FN3O3S/c1-12-8-7-9-13(2)18(12)23-19(26)15(4)29-21-25-24-20(28-21)14(3)27-17-11-6-5-10-16(17)22/h5-11,14-15H,1-4H3,(H,23,26)/t14-,15-/m1/s1. The van der Waals surface area contributed by atoms with Crippen molar-refractivity contribution in [2.45, 2.75) is 44.3 Å². The Kier molecular flexibility index (Phi) is 6.53. The molecule has 0 aliphatic rings. The van der Waals surface area contributed by atoms with Crippen molar-refractivity contribution in [3.8, 4) is 5.75 Å². The number of para-hydroxylation sites is 2. The van der Waals surface area contributed by atoms with E-state index in [1.54, 1.807) is 26.0 Å². The van der Waals surface area contributed by atoms with Crippen LogP contribution in [0.2, 0.25) is 0 Å². The number of aromatic nitrogens is 2. The lowest BCUT2D eigenvalue weighted by Crippen LogP contribution is -2.23. The Morgan fingerprint density at radius 2 is 1.79 bits per heavy atom. The number of carbonyl (C=O) groups is 1. The zero-order valence-electron chi connectivity index (χ0n) is 16.6. The highest BCUT2D eigenvalue weighted by Gasteiger charge is 2.22. The topological polar surface area (TPSA) is 77.2 Å².